The minimum absolute atomic E-state index is 0.270. The van der Waals surface area contributed by atoms with E-state index in [0.717, 1.165) is 18.5 Å². The summed E-state index contributed by atoms with van der Waals surface area (Å²) in [5.41, 5.74) is 0.270. The molecule has 0 aromatic carbocycles. The van der Waals surface area contributed by atoms with Crippen molar-refractivity contribution in [3.63, 3.8) is 0 Å². The van der Waals surface area contributed by atoms with Crippen LogP contribution >= 0.6 is 15.9 Å². The first-order valence-electron chi connectivity index (χ1n) is 5.15. The number of rotatable bonds is 7. The summed E-state index contributed by atoms with van der Waals surface area (Å²) >= 11 is 3.49. The Morgan fingerprint density at radius 3 is 2.46 bits per heavy atom. The van der Waals surface area contributed by atoms with Crippen molar-refractivity contribution in [2.75, 3.05) is 18.5 Å². The summed E-state index contributed by atoms with van der Waals surface area (Å²) in [6, 6.07) is 0. The topological polar surface area (TPSA) is 9.23 Å². The zero-order valence-corrected chi connectivity index (χ0v) is 11.0. The molecule has 13 heavy (non-hydrogen) atoms. The Labute approximate surface area is 91.4 Å². The van der Waals surface area contributed by atoms with Crippen LogP contribution in [-0.2, 0) is 4.74 Å². The third-order valence-electron chi connectivity index (χ3n) is 2.04. The van der Waals surface area contributed by atoms with Gasteiger partial charge in [0.25, 0.3) is 0 Å². The summed E-state index contributed by atoms with van der Waals surface area (Å²) < 4.78 is 5.67. The fraction of sp³-hybridized carbons (Fsp3) is 1.00. The molecule has 80 valence electrons. The molecule has 0 heterocycles. The van der Waals surface area contributed by atoms with E-state index in [0.29, 0.717) is 5.92 Å². The van der Waals surface area contributed by atoms with Gasteiger partial charge in [0, 0.05) is 11.9 Å². The molecule has 2 heteroatoms. The molecule has 0 spiro atoms. The van der Waals surface area contributed by atoms with Gasteiger partial charge < -0.3 is 4.74 Å². The van der Waals surface area contributed by atoms with E-state index in [1.165, 1.54) is 12.8 Å². The zero-order chi connectivity index (χ0) is 10.3. The van der Waals surface area contributed by atoms with Crippen molar-refractivity contribution in [3.8, 4) is 0 Å². The van der Waals surface area contributed by atoms with Gasteiger partial charge in [-0.05, 0) is 17.8 Å². The molecule has 0 saturated carbocycles. The van der Waals surface area contributed by atoms with E-state index in [9.17, 15) is 0 Å². The Hall–Kier alpha value is 0.440. The van der Waals surface area contributed by atoms with E-state index >= 15 is 0 Å². The van der Waals surface area contributed by atoms with Crippen LogP contribution in [0.3, 0.4) is 0 Å². The van der Waals surface area contributed by atoms with E-state index < -0.39 is 0 Å². The lowest BCUT2D eigenvalue weighted by molar-refractivity contribution is 0.0516. The maximum absolute atomic E-state index is 5.67. The van der Waals surface area contributed by atoms with Gasteiger partial charge in [-0.15, -0.1) is 0 Å². The monoisotopic (exact) mass is 250 g/mol. The van der Waals surface area contributed by atoms with Crippen molar-refractivity contribution >= 4 is 15.9 Å². The lowest BCUT2D eigenvalue weighted by Gasteiger charge is -2.22. The SMILES string of the molecule is CCCC(C)COCC(C)(C)CBr. The average Bonchev–Trinajstić information content (AvgIpc) is 2.05. The molecule has 0 N–H and O–H groups in total. The molecular weight excluding hydrogens is 228 g/mol. The summed E-state index contributed by atoms with van der Waals surface area (Å²) in [5.74, 6) is 0.705. The van der Waals surface area contributed by atoms with Crippen LogP contribution in [-0.4, -0.2) is 18.5 Å². The Morgan fingerprint density at radius 2 is 2.00 bits per heavy atom. The van der Waals surface area contributed by atoms with E-state index in [-0.39, 0.29) is 5.41 Å². The highest BCUT2D eigenvalue weighted by atomic mass is 79.9. The van der Waals surface area contributed by atoms with Crippen LogP contribution < -0.4 is 0 Å². The van der Waals surface area contributed by atoms with Crippen molar-refractivity contribution in [2.45, 2.75) is 40.5 Å². The van der Waals surface area contributed by atoms with Gasteiger partial charge in [-0.2, -0.15) is 0 Å². The van der Waals surface area contributed by atoms with E-state index in [2.05, 4.69) is 43.6 Å². The van der Waals surface area contributed by atoms with Gasteiger partial charge in [0.2, 0.25) is 0 Å². The minimum atomic E-state index is 0.270. The molecule has 0 amide bonds. The summed E-state index contributed by atoms with van der Waals surface area (Å²) in [4.78, 5) is 0. The van der Waals surface area contributed by atoms with Gasteiger partial charge in [0.1, 0.15) is 0 Å². The predicted octanol–water partition coefficient (Wildman–Crippen LogP) is 3.86. The highest BCUT2D eigenvalue weighted by molar-refractivity contribution is 9.09. The summed E-state index contributed by atoms with van der Waals surface area (Å²) in [7, 11) is 0. The van der Waals surface area contributed by atoms with Crippen LogP contribution in [0.1, 0.15) is 40.5 Å². The normalized spacial score (nSPS) is 14.5. The molecule has 0 rings (SSSR count). The van der Waals surface area contributed by atoms with Crippen molar-refractivity contribution in [1.29, 1.82) is 0 Å². The Kier molecular flexibility index (Phi) is 7.06. The largest absolute Gasteiger partial charge is 0.381 e. The van der Waals surface area contributed by atoms with E-state index in [1.807, 2.05) is 0 Å². The average molecular weight is 251 g/mol. The van der Waals surface area contributed by atoms with Crippen LogP contribution in [0, 0.1) is 11.3 Å². The van der Waals surface area contributed by atoms with Crippen LogP contribution in [0.25, 0.3) is 0 Å². The zero-order valence-electron chi connectivity index (χ0n) is 9.40. The maximum Gasteiger partial charge on any atom is 0.0525 e. The standard InChI is InChI=1S/C11H23BrO/c1-5-6-10(2)7-13-9-11(3,4)8-12/h10H,5-9H2,1-4H3. The molecular formula is C11H23BrO. The van der Waals surface area contributed by atoms with Crippen LogP contribution in [0.4, 0.5) is 0 Å². The fourth-order valence-corrected chi connectivity index (χ4v) is 1.31. The number of hydrogen-bond donors (Lipinski definition) is 0. The van der Waals surface area contributed by atoms with Crippen molar-refractivity contribution < 1.29 is 4.74 Å². The number of alkyl halides is 1. The summed E-state index contributed by atoms with van der Waals surface area (Å²) in [6.07, 6.45) is 2.53. The first-order chi connectivity index (χ1) is 6.02. The van der Waals surface area contributed by atoms with Gasteiger partial charge in [0.15, 0.2) is 0 Å². The van der Waals surface area contributed by atoms with E-state index in [4.69, 9.17) is 4.74 Å². The molecule has 0 bridgehead atoms. The quantitative estimate of drug-likeness (QED) is 0.624. The van der Waals surface area contributed by atoms with Gasteiger partial charge in [-0.1, -0.05) is 50.0 Å². The fourth-order valence-electron chi connectivity index (χ4n) is 1.15. The predicted molar refractivity (Wildman–Crippen MR) is 62.5 cm³/mol. The molecule has 0 saturated heterocycles. The Balaban J connectivity index is 3.44. The lowest BCUT2D eigenvalue weighted by Crippen LogP contribution is -2.22. The van der Waals surface area contributed by atoms with Gasteiger partial charge >= 0.3 is 0 Å². The second kappa shape index (κ2) is 6.83. The molecule has 0 aliphatic carbocycles. The second-order valence-corrected chi connectivity index (χ2v) is 5.27. The van der Waals surface area contributed by atoms with Crippen molar-refractivity contribution in [3.05, 3.63) is 0 Å². The van der Waals surface area contributed by atoms with Crippen molar-refractivity contribution in [2.24, 2.45) is 11.3 Å². The van der Waals surface area contributed by atoms with E-state index in [1.54, 1.807) is 0 Å². The number of ether oxygens (including phenoxy) is 1. The van der Waals surface area contributed by atoms with Gasteiger partial charge in [0.05, 0.1) is 6.61 Å². The third kappa shape index (κ3) is 7.51. The van der Waals surface area contributed by atoms with Crippen LogP contribution in [0.2, 0.25) is 0 Å². The number of halogens is 1. The first-order valence-corrected chi connectivity index (χ1v) is 6.27. The molecule has 1 atom stereocenters. The molecule has 1 nitrogen and oxygen atoms in total. The molecule has 0 fully saturated rings. The van der Waals surface area contributed by atoms with Crippen LogP contribution in [0.15, 0.2) is 0 Å². The lowest BCUT2D eigenvalue weighted by atomic mass is 9.98. The smallest absolute Gasteiger partial charge is 0.0525 e. The maximum atomic E-state index is 5.67. The van der Waals surface area contributed by atoms with Crippen molar-refractivity contribution in [1.82, 2.24) is 0 Å². The molecule has 0 aliphatic rings. The number of hydrogen-bond acceptors (Lipinski definition) is 1. The van der Waals surface area contributed by atoms with Gasteiger partial charge in [-0.25, -0.2) is 0 Å². The molecule has 0 aliphatic heterocycles. The Morgan fingerprint density at radius 1 is 1.38 bits per heavy atom. The van der Waals surface area contributed by atoms with Crippen LogP contribution in [0.5, 0.6) is 0 Å². The molecule has 0 aromatic heterocycles. The minimum Gasteiger partial charge on any atom is -0.381 e. The Bertz CT molecular complexity index is 123. The summed E-state index contributed by atoms with van der Waals surface area (Å²) in [5, 5.41) is 1.00. The molecule has 0 radical (unpaired) electrons. The summed E-state index contributed by atoms with van der Waals surface area (Å²) in [6.45, 7) is 10.7. The third-order valence-corrected chi connectivity index (χ3v) is 3.56. The van der Waals surface area contributed by atoms with Gasteiger partial charge in [-0.3, -0.25) is 0 Å². The highest BCUT2D eigenvalue weighted by Crippen LogP contribution is 2.18. The highest BCUT2D eigenvalue weighted by Gasteiger charge is 2.16. The molecule has 0 aromatic rings. The second-order valence-electron chi connectivity index (χ2n) is 4.71. The molecule has 1 unspecified atom stereocenters. The first kappa shape index (κ1) is 13.4.